The minimum atomic E-state index is -4.51. The van der Waals surface area contributed by atoms with Gasteiger partial charge in [-0.2, -0.15) is 13.2 Å². The molecule has 5 nitrogen and oxygen atoms in total. The topological polar surface area (TPSA) is 63.4 Å². The van der Waals surface area contributed by atoms with Gasteiger partial charge in [-0.15, -0.1) is 0 Å². The zero-order chi connectivity index (χ0) is 18.9. The molecular formula is C18H15F3N2O3. The van der Waals surface area contributed by atoms with Crippen molar-refractivity contribution in [3.05, 3.63) is 75.3 Å². The van der Waals surface area contributed by atoms with Crippen molar-refractivity contribution in [2.75, 3.05) is 0 Å². The highest BCUT2D eigenvalue weighted by Gasteiger charge is 2.37. The monoisotopic (exact) mass is 364 g/mol. The first-order valence-electron chi connectivity index (χ1n) is 7.98. The third-order valence-corrected chi connectivity index (χ3v) is 4.22. The predicted octanol–water partition coefficient (Wildman–Crippen LogP) is 4.42. The van der Waals surface area contributed by atoms with Crippen LogP contribution in [0.5, 0.6) is 0 Å². The molecule has 0 unspecified atom stereocenters. The Balaban J connectivity index is 1.91. The highest BCUT2D eigenvalue weighted by Crippen LogP contribution is 2.35. The van der Waals surface area contributed by atoms with Crippen molar-refractivity contribution < 1.29 is 22.9 Å². The highest BCUT2D eigenvalue weighted by molar-refractivity contribution is 5.95. The maximum atomic E-state index is 13.2. The quantitative estimate of drug-likeness (QED) is 0.583. The van der Waals surface area contributed by atoms with Gasteiger partial charge in [0.05, 0.1) is 10.5 Å². The molecular weight excluding hydrogens is 349 g/mol. The molecule has 136 valence electrons. The largest absolute Gasteiger partial charge is 0.416 e. The Hall–Kier alpha value is -2.90. The predicted molar refractivity (Wildman–Crippen MR) is 87.4 cm³/mol. The summed E-state index contributed by atoms with van der Waals surface area (Å²) in [4.78, 5) is 24.4. The summed E-state index contributed by atoms with van der Waals surface area (Å²) in [6.45, 7) is -0.193. The van der Waals surface area contributed by atoms with E-state index in [2.05, 4.69) is 0 Å². The molecule has 1 aliphatic rings. The summed E-state index contributed by atoms with van der Waals surface area (Å²) in [6, 6.07) is 10.2. The van der Waals surface area contributed by atoms with Crippen molar-refractivity contribution in [2.45, 2.75) is 31.6 Å². The lowest BCUT2D eigenvalue weighted by molar-refractivity contribution is -0.384. The fraction of sp³-hybridized carbons (Fsp3) is 0.278. The number of nitro groups is 1. The molecule has 26 heavy (non-hydrogen) atoms. The van der Waals surface area contributed by atoms with Crippen molar-refractivity contribution in [2.24, 2.45) is 0 Å². The summed E-state index contributed by atoms with van der Waals surface area (Å²) >= 11 is 0. The van der Waals surface area contributed by atoms with E-state index in [9.17, 15) is 28.1 Å². The van der Waals surface area contributed by atoms with E-state index >= 15 is 0 Å². The van der Waals surface area contributed by atoms with E-state index in [1.165, 1.54) is 41.3 Å². The van der Waals surface area contributed by atoms with Gasteiger partial charge in [-0.3, -0.25) is 14.9 Å². The highest BCUT2D eigenvalue weighted by atomic mass is 19.4. The van der Waals surface area contributed by atoms with Crippen molar-refractivity contribution in [1.29, 1.82) is 0 Å². The molecule has 1 aliphatic carbocycles. The van der Waals surface area contributed by atoms with Gasteiger partial charge in [0.2, 0.25) is 0 Å². The third kappa shape index (κ3) is 3.84. The lowest BCUT2D eigenvalue weighted by Gasteiger charge is -2.24. The van der Waals surface area contributed by atoms with Crippen molar-refractivity contribution >= 4 is 11.6 Å². The first kappa shape index (κ1) is 17.9. The van der Waals surface area contributed by atoms with E-state index in [-0.39, 0.29) is 29.4 Å². The molecule has 0 saturated heterocycles. The van der Waals surface area contributed by atoms with Crippen LogP contribution in [-0.4, -0.2) is 21.8 Å². The number of nitro benzene ring substituents is 1. The smallest absolute Gasteiger partial charge is 0.331 e. The molecule has 2 aromatic rings. The molecule has 1 saturated carbocycles. The number of non-ortho nitro benzene ring substituents is 1. The number of hydrogen-bond donors (Lipinski definition) is 0. The third-order valence-electron chi connectivity index (χ3n) is 4.22. The SMILES string of the molecule is O=C(c1cccc([N+](=O)[O-])c1)N(Cc1ccccc1C(F)(F)F)C1CC1. The van der Waals surface area contributed by atoms with Crippen molar-refractivity contribution in [1.82, 2.24) is 4.90 Å². The van der Waals surface area contributed by atoms with Gasteiger partial charge in [0.25, 0.3) is 11.6 Å². The molecule has 0 spiro atoms. The fourth-order valence-electron chi connectivity index (χ4n) is 2.79. The average molecular weight is 364 g/mol. The zero-order valence-electron chi connectivity index (χ0n) is 13.6. The molecule has 0 N–H and O–H groups in total. The van der Waals surface area contributed by atoms with E-state index in [0.29, 0.717) is 12.8 Å². The number of carbonyl (C=O) groups excluding carboxylic acids is 1. The second-order valence-corrected chi connectivity index (χ2v) is 6.13. The van der Waals surface area contributed by atoms with Crippen molar-refractivity contribution in [3.8, 4) is 0 Å². The first-order chi connectivity index (χ1) is 12.3. The van der Waals surface area contributed by atoms with E-state index in [4.69, 9.17) is 0 Å². The minimum Gasteiger partial charge on any atom is -0.331 e. The van der Waals surface area contributed by atoms with E-state index < -0.39 is 22.6 Å². The summed E-state index contributed by atoms with van der Waals surface area (Å²) in [5, 5.41) is 10.9. The Bertz CT molecular complexity index is 848. The van der Waals surface area contributed by atoms with Crippen LogP contribution < -0.4 is 0 Å². The van der Waals surface area contributed by atoms with E-state index in [0.717, 1.165) is 12.1 Å². The number of carbonyl (C=O) groups is 1. The summed E-state index contributed by atoms with van der Waals surface area (Å²) in [5.41, 5.74) is -0.916. The lowest BCUT2D eigenvalue weighted by atomic mass is 10.1. The number of nitrogens with zero attached hydrogens (tertiary/aromatic N) is 2. The molecule has 0 atom stereocenters. The van der Waals surface area contributed by atoms with Gasteiger partial charge in [0.1, 0.15) is 0 Å². The second kappa shape index (κ2) is 6.78. The van der Waals surface area contributed by atoms with Crippen molar-refractivity contribution in [3.63, 3.8) is 0 Å². The summed E-state index contributed by atoms with van der Waals surface area (Å²) < 4.78 is 39.6. The van der Waals surface area contributed by atoms with Gasteiger partial charge >= 0.3 is 6.18 Å². The Morgan fingerprint density at radius 3 is 2.46 bits per heavy atom. The molecule has 0 bridgehead atoms. The fourth-order valence-corrected chi connectivity index (χ4v) is 2.79. The molecule has 1 amide bonds. The summed E-state index contributed by atoms with van der Waals surface area (Å²) in [5.74, 6) is -0.506. The van der Waals surface area contributed by atoms with Gasteiger partial charge < -0.3 is 4.90 Å². The van der Waals surface area contributed by atoms with E-state index in [1.807, 2.05) is 0 Å². The molecule has 2 aromatic carbocycles. The number of hydrogen-bond acceptors (Lipinski definition) is 3. The summed E-state index contributed by atoms with van der Waals surface area (Å²) in [6.07, 6.45) is -3.11. The first-order valence-corrected chi connectivity index (χ1v) is 7.98. The second-order valence-electron chi connectivity index (χ2n) is 6.13. The number of rotatable bonds is 5. The Morgan fingerprint density at radius 2 is 1.85 bits per heavy atom. The van der Waals surface area contributed by atoms with Gasteiger partial charge in [-0.25, -0.2) is 0 Å². The maximum absolute atomic E-state index is 13.2. The molecule has 0 radical (unpaired) electrons. The zero-order valence-corrected chi connectivity index (χ0v) is 13.6. The molecule has 0 aromatic heterocycles. The van der Waals surface area contributed by atoms with Crippen LogP contribution in [-0.2, 0) is 12.7 Å². The molecule has 0 heterocycles. The molecule has 8 heteroatoms. The Kier molecular flexibility index (Phi) is 4.67. The number of amides is 1. The van der Waals surface area contributed by atoms with E-state index in [1.54, 1.807) is 0 Å². The normalized spacial score (nSPS) is 14.1. The summed E-state index contributed by atoms with van der Waals surface area (Å²) in [7, 11) is 0. The van der Waals surface area contributed by atoms with Gasteiger partial charge in [0, 0.05) is 30.3 Å². The van der Waals surface area contributed by atoms with Crippen LogP contribution in [0.1, 0.15) is 34.3 Å². The standard InChI is InChI=1S/C18H15F3N2O3/c19-18(20,21)16-7-2-1-4-13(16)11-22(14-8-9-14)17(24)12-5-3-6-15(10-12)23(25)26/h1-7,10,14H,8-9,11H2. The average Bonchev–Trinajstić information content (AvgIpc) is 3.43. The Labute approximate surface area is 147 Å². The Morgan fingerprint density at radius 1 is 1.15 bits per heavy atom. The maximum Gasteiger partial charge on any atom is 0.416 e. The molecule has 0 aliphatic heterocycles. The van der Waals surface area contributed by atoms with Crippen LogP contribution in [0.25, 0.3) is 0 Å². The van der Waals surface area contributed by atoms with Crippen LogP contribution in [0.15, 0.2) is 48.5 Å². The van der Waals surface area contributed by atoms with Gasteiger partial charge in [-0.1, -0.05) is 24.3 Å². The van der Waals surface area contributed by atoms with Gasteiger partial charge in [0.15, 0.2) is 0 Å². The number of benzene rings is 2. The lowest BCUT2D eigenvalue weighted by Crippen LogP contribution is -2.33. The van der Waals surface area contributed by atoms with Gasteiger partial charge in [-0.05, 0) is 30.5 Å². The van der Waals surface area contributed by atoms with Crippen LogP contribution in [0.3, 0.4) is 0 Å². The van der Waals surface area contributed by atoms with Crippen LogP contribution >= 0.6 is 0 Å². The molecule has 3 rings (SSSR count). The van der Waals surface area contributed by atoms with Crippen LogP contribution in [0, 0.1) is 10.1 Å². The minimum absolute atomic E-state index is 0.00526. The van der Waals surface area contributed by atoms with Crippen LogP contribution in [0.4, 0.5) is 18.9 Å². The van der Waals surface area contributed by atoms with Crippen LogP contribution in [0.2, 0.25) is 0 Å². The molecule has 1 fully saturated rings. The number of halogens is 3. The number of alkyl halides is 3.